The van der Waals surface area contributed by atoms with Crippen molar-refractivity contribution in [1.29, 1.82) is 0 Å². The Morgan fingerprint density at radius 1 is 1.00 bits per heavy atom. The Hall–Kier alpha value is -2.60. The Morgan fingerprint density at radius 2 is 1.59 bits per heavy atom. The molecule has 2 rings (SSSR count). The Morgan fingerprint density at radius 3 is 2.05 bits per heavy atom. The summed E-state index contributed by atoms with van der Waals surface area (Å²) in [6, 6.07) is 11.0. The summed E-state index contributed by atoms with van der Waals surface area (Å²) in [6.45, 7) is 3.51. The van der Waals surface area contributed by atoms with Crippen molar-refractivity contribution in [1.82, 2.24) is 0 Å². The Bertz CT molecular complexity index is 709. The Kier molecular flexibility index (Phi) is 6.34. The number of benzene rings is 2. The number of carbonyl (C=O) groups is 2. The average molecular weight is 365 g/mol. The van der Waals surface area contributed by atoms with E-state index in [0.29, 0.717) is 15.6 Å². The van der Waals surface area contributed by atoms with E-state index in [-0.39, 0.29) is 11.3 Å². The lowest BCUT2D eigenvalue weighted by molar-refractivity contribution is 0.0684. The van der Waals surface area contributed by atoms with E-state index in [1.54, 1.807) is 30.3 Å². The average Bonchev–Trinajstić information content (AvgIpc) is 2.50. The fourth-order valence-electron chi connectivity index (χ4n) is 1.55. The lowest BCUT2D eigenvalue weighted by Gasteiger charge is -1.97. The number of carboxylic acids is 2. The molecule has 2 aromatic rings. The van der Waals surface area contributed by atoms with Crippen LogP contribution in [0.4, 0.5) is 0 Å². The highest BCUT2D eigenvalue weighted by Gasteiger charge is 2.08. The van der Waals surface area contributed by atoms with Gasteiger partial charge < -0.3 is 15.3 Å². The quantitative estimate of drug-likeness (QED) is 0.767. The SMILES string of the molecule is C=Cc1ccccc1C(=O)O.O=C(O)c1cc(Br)ccc1O. The van der Waals surface area contributed by atoms with Crippen LogP contribution in [0.25, 0.3) is 6.08 Å². The minimum atomic E-state index is -1.14. The van der Waals surface area contributed by atoms with Crippen LogP contribution in [0.2, 0.25) is 0 Å². The first-order chi connectivity index (χ1) is 10.4. The lowest BCUT2D eigenvalue weighted by Crippen LogP contribution is -1.98. The largest absolute Gasteiger partial charge is 0.507 e. The molecule has 114 valence electrons. The molecule has 0 saturated heterocycles. The molecule has 0 unspecified atom stereocenters. The Balaban J connectivity index is 0.000000220. The van der Waals surface area contributed by atoms with Crippen LogP contribution in [0.15, 0.2) is 53.5 Å². The van der Waals surface area contributed by atoms with E-state index in [4.69, 9.17) is 15.3 Å². The topological polar surface area (TPSA) is 94.8 Å². The van der Waals surface area contributed by atoms with Crippen molar-refractivity contribution in [3.05, 3.63) is 70.2 Å². The van der Waals surface area contributed by atoms with Gasteiger partial charge in [-0.1, -0.05) is 46.8 Å². The van der Waals surface area contributed by atoms with E-state index in [1.807, 2.05) is 0 Å². The molecule has 5 nitrogen and oxygen atoms in total. The number of hydrogen-bond donors (Lipinski definition) is 3. The minimum Gasteiger partial charge on any atom is -0.507 e. The second-order valence-electron chi connectivity index (χ2n) is 4.06. The first kappa shape index (κ1) is 17.5. The van der Waals surface area contributed by atoms with E-state index in [9.17, 15) is 9.59 Å². The minimum absolute atomic E-state index is 0.0978. The number of hydrogen-bond acceptors (Lipinski definition) is 3. The fourth-order valence-corrected chi connectivity index (χ4v) is 1.91. The molecule has 0 saturated carbocycles. The molecule has 0 aliphatic rings. The summed E-state index contributed by atoms with van der Waals surface area (Å²) in [5.74, 6) is -2.27. The van der Waals surface area contributed by atoms with Crippen molar-refractivity contribution < 1.29 is 24.9 Å². The van der Waals surface area contributed by atoms with Gasteiger partial charge in [0.1, 0.15) is 11.3 Å². The predicted molar refractivity (Wildman–Crippen MR) is 86.3 cm³/mol. The molecule has 0 fully saturated rings. The van der Waals surface area contributed by atoms with Crippen LogP contribution in [0.3, 0.4) is 0 Å². The summed E-state index contributed by atoms with van der Waals surface area (Å²) in [5.41, 5.74) is 0.849. The second kappa shape index (κ2) is 7.99. The predicted octanol–water partition coefficient (Wildman–Crippen LogP) is 3.88. The molecule has 0 aliphatic carbocycles. The molecule has 0 aliphatic heterocycles. The second-order valence-corrected chi connectivity index (χ2v) is 4.98. The lowest BCUT2D eigenvalue weighted by atomic mass is 10.1. The standard InChI is InChI=1S/C9H8O2.C7H5BrO3/c1-2-7-5-3-4-6-8(7)9(10)11;8-4-1-2-6(9)5(3-4)7(10)11/h2-6H,1H2,(H,10,11);1-3,9H,(H,10,11). The highest BCUT2D eigenvalue weighted by atomic mass is 79.9. The maximum absolute atomic E-state index is 10.5. The number of aromatic carboxylic acids is 2. The van der Waals surface area contributed by atoms with Gasteiger partial charge in [-0.3, -0.25) is 0 Å². The maximum Gasteiger partial charge on any atom is 0.339 e. The van der Waals surface area contributed by atoms with Crippen molar-refractivity contribution in [2.24, 2.45) is 0 Å². The molecule has 3 N–H and O–H groups in total. The van der Waals surface area contributed by atoms with E-state index in [2.05, 4.69) is 22.5 Å². The van der Waals surface area contributed by atoms with Crippen LogP contribution in [-0.2, 0) is 0 Å². The van der Waals surface area contributed by atoms with Crippen LogP contribution in [0.5, 0.6) is 5.75 Å². The first-order valence-corrected chi connectivity index (χ1v) is 6.82. The molecule has 2 aromatic carbocycles. The third kappa shape index (κ3) is 4.75. The van der Waals surface area contributed by atoms with Crippen LogP contribution >= 0.6 is 15.9 Å². The van der Waals surface area contributed by atoms with Gasteiger partial charge in [-0.25, -0.2) is 9.59 Å². The van der Waals surface area contributed by atoms with Gasteiger partial charge in [0.15, 0.2) is 0 Å². The fraction of sp³-hybridized carbons (Fsp3) is 0. The van der Waals surface area contributed by atoms with Gasteiger partial charge in [-0.15, -0.1) is 0 Å². The van der Waals surface area contributed by atoms with Gasteiger partial charge in [0, 0.05) is 4.47 Å². The zero-order chi connectivity index (χ0) is 16.7. The molecule has 6 heteroatoms. The van der Waals surface area contributed by atoms with Crippen molar-refractivity contribution in [2.45, 2.75) is 0 Å². The summed E-state index contributed by atoms with van der Waals surface area (Å²) in [4.78, 5) is 20.9. The highest BCUT2D eigenvalue weighted by Crippen LogP contribution is 2.21. The third-order valence-electron chi connectivity index (χ3n) is 2.60. The number of carboxylic acid groups (broad SMARTS) is 2. The van der Waals surface area contributed by atoms with Gasteiger partial charge in [0.2, 0.25) is 0 Å². The highest BCUT2D eigenvalue weighted by molar-refractivity contribution is 9.10. The smallest absolute Gasteiger partial charge is 0.339 e. The van der Waals surface area contributed by atoms with Gasteiger partial charge in [-0.05, 0) is 29.8 Å². The zero-order valence-electron chi connectivity index (χ0n) is 11.4. The molecule has 0 radical (unpaired) electrons. The van der Waals surface area contributed by atoms with Crippen LogP contribution in [-0.4, -0.2) is 27.3 Å². The number of halogens is 1. The number of aromatic hydroxyl groups is 1. The van der Waals surface area contributed by atoms with Crippen LogP contribution < -0.4 is 0 Å². The Labute approximate surface area is 135 Å². The van der Waals surface area contributed by atoms with Gasteiger partial charge in [0.05, 0.1) is 5.56 Å². The molecule has 0 aromatic heterocycles. The van der Waals surface area contributed by atoms with Gasteiger partial charge >= 0.3 is 11.9 Å². The summed E-state index contributed by atoms with van der Waals surface area (Å²) in [6.07, 6.45) is 1.53. The van der Waals surface area contributed by atoms with E-state index >= 15 is 0 Å². The molecule has 0 bridgehead atoms. The maximum atomic E-state index is 10.5. The van der Waals surface area contributed by atoms with Crippen molar-refractivity contribution in [2.75, 3.05) is 0 Å². The third-order valence-corrected chi connectivity index (χ3v) is 3.09. The summed E-state index contributed by atoms with van der Waals surface area (Å²) < 4.78 is 0.632. The number of phenols is 1. The zero-order valence-corrected chi connectivity index (χ0v) is 12.9. The summed E-state index contributed by atoms with van der Waals surface area (Å²) in [5, 5.41) is 26.2. The number of rotatable bonds is 3. The first-order valence-electron chi connectivity index (χ1n) is 6.03. The molecular weight excluding hydrogens is 352 g/mol. The van der Waals surface area contributed by atoms with Crippen LogP contribution in [0, 0.1) is 0 Å². The van der Waals surface area contributed by atoms with Crippen LogP contribution in [0.1, 0.15) is 26.3 Å². The molecular formula is C16H13BrO5. The molecule has 0 amide bonds. The van der Waals surface area contributed by atoms with Crippen molar-refractivity contribution >= 4 is 33.9 Å². The molecule has 0 heterocycles. The summed E-state index contributed by atoms with van der Waals surface area (Å²) in [7, 11) is 0. The van der Waals surface area contributed by atoms with Crippen molar-refractivity contribution in [3.8, 4) is 5.75 Å². The summed E-state index contributed by atoms with van der Waals surface area (Å²) >= 11 is 3.09. The van der Waals surface area contributed by atoms with E-state index in [1.165, 1.54) is 18.2 Å². The van der Waals surface area contributed by atoms with Gasteiger partial charge in [-0.2, -0.15) is 0 Å². The van der Waals surface area contributed by atoms with Gasteiger partial charge in [0.25, 0.3) is 0 Å². The van der Waals surface area contributed by atoms with Crippen molar-refractivity contribution in [3.63, 3.8) is 0 Å². The van der Waals surface area contributed by atoms with E-state index in [0.717, 1.165) is 0 Å². The molecule has 0 atom stereocenters. The van der Waals surface area contributed by atoms with E-state index < -0.39 is 11.9 Å². The molecule has 22 heavy (non-hydrogen) atoms. The molecule has 0 spiro atoms. The monoisotopic (exact) mass is 364 g/mol. The normalized spacial score (nSPS) is 9.32.